The topological polar surface area (TPSA) is 148 Å². The molecule has 3 N–H and O–H groups in total. The van der Waals surface area contributed by atoms with Gasteiger partial charge in [0.25, 0.3) is 11.2 Å². The molecule has 0 bridgehead atoms. The van der Waals surface area contributed by atoms with E-state index in [1.54, 1.807) is 0 Å². The monoisotopic (exact) mass is 438 g/mol. The quantitative estimate of drug-likeness (QED) is 0.416. The minimum atomic E-state index is -0.704. The standard InChI is InChI=1S/C21H22N6O5/c1-24(13-17(28)25(2)15-8-10-16(11-9-15)27(31)32)18-19(22)26(21(30)23-20(18)29)12-14-6-4-3-5-7-14/h3-11H,12-13,22H2,1-2H3,(H,23,29,30). The maximum Gasteiger partial charge on any atom is 0.330 e. The first-order valence-electron chi connectivity index (χ1n) is 9.57. The summed E-state index contributed by atoms with van der Waals surface area (Å²) in [6.07, 6.45) is 0. The van der Waals surface area contributed by atoms with Gasteiger partial charge in [0.1, 0.15) is 11.5 Å². The molecule has 1 heterocycles. The average Bonchev–Trinajstić information content (AvgIpc) is 2.76. The summed E-state index contributed by atoms with van der Waals surface area (Å²) in [4.78, 5) is 52.7. The maximum absolute atomic E-state index is 12.7. The molecule has 166 valence electrons. The average molecular weight is 438 g/mol. The van der Waals surface area contributed by atoms with E-state index in [1.165, 1.54) is 52.7 Å². The number of carbonyl (C=O) groups excluding carboxylic acids is 1. The van der Waals surface area contributed by atoms with Gasteiger partial charge in [0, 0.05) is 31.9 Å². The highest BCUT2D eigenvalue weighted by molar-refractivity contribution is 5.96. The molecule has 3 rings (SSSR count). The Kier molecular flexibility index (Phi) is 6.38. The molecular weight excluding hydrogens is 416 g/mol. The van der Waals surface area contributed by atoms with Gasteiger partial charge in [-0.2, -0.15) is 0 Å². The fourth-order valence-electron chi connectivity index (χ4n) is 3.20. The second-order valence-corrected chi connectivity index (χ2v) is 7.15. The SMILES string of the molecule is CN(CC(=O)N(C)c1ccc([N+](=O)[O-])cc1)c1c(N)n(Cc2ccccc2)c(=O)[nH]c1=O. The van der Waals surface area contributed by atoms with Gasteiger partial charge in [-0.25, -0.2) is 4.79 Å². The molecule has 0 unspecified atom stereocenters. The van der Waals surface area contributed by atoms with Crippen molar-refractivity contribution in [2.45, 2.75) is 6.54 Å². The molecule has 0 aliphatic rings. The number of H-pyrrole nitrogens is 1. The lowest BCUT2D eigenvalue weighted by atomic mass is 10.2. The number of nitrogens with zero attached hydrogens (tertiary/aromatic N) is 4. The lowest BCUT2D eigenvalue weighted by molar-refractivity contribution is -0.384. The summed E-state index contributed by atoms with van der Waals surface area (Å²) in [7, 11) is 3.03. The van der Waals surface area contributed by atoms with Crippen LogP contribution in [0.25, 0.3) is 0 Å². The predicted molar refractivity (Wildman–Crippen MR) is 121 cm³/mol. The summed E-state index contributed by atoms with van der Waals surface area (Å²) in [5.74, 6) is -0.447. The fourth-order valence-corrected chi connectivity index (χ4v) is 3.20. The number of nitro benzene ring substituents is 1. The molecule has 0 fully saturated rings. The van der Waals surface area contributed by atoms with Crippen molar-refractivity contribution in [1.82, 2.24) is 9.55 Å². The molecule has 0 saturated carbocycles. The molecule has 11 heteroatoms. The molecule has 11 nitrogen and oxygen atoms in total. The molecule has 0 saturated heterocycles. The molecular formula is C21H22N6O5. The van der Waals surface area contributed by atoms with Crippen LogP contribution in [0.15, 0.2) is 64.2 Å². The largest absolute Gasteiger partial charge is 0.383 e. The van der Waals surface area contributed by atoms with Gasteiger partial charge in [-0.15, -0.1) is 0 Å². The normalized spacial score (nSPS) is 10.6. The van der Waals surface area contributed by atoms with E-state index < -0.39 is 16.2 Å². The van der Waals surface area contributed by atoms with Gasteiger partial charge in [0.2, 0.25) is 5.91 Å². The summed E-state index contributed by atoms with van der Waals surface area (Å²) in [6.45, 7) is -0.0654. The molecule has 0 aliphatic heterocycles. The van der Waals surface area contributed by atoms with Gasteiger partial charge in [0.05, 0.1) is 18.0 Å². The van der Waals surface area contributed by atoms with Crippen LogP contribution in [0.5, 0.6) is 0 Å². The van der Waals surface area contributed by atoms with Crippen LogP contribution in [-0.2, 0) is 11.3 Å². The number of aromatic nitrogens is 2. The highest BCUT2D eigenvalue weighted by Gasteiger charge is 2.21. The molecule has 0 spiro atoms. The van der Waals surface area contributed by atoms with Gasteiger partial charge >= 0.3 is 5.69 Å². The highest BCUT2D eigenvalue weighted by atomic mass is 16.6. The first-order valence-corrected chi connectivity index (χ1v) is 9.57. The van der Waals surface area contributed by atoms with Crippen LogP contribution >= 0.6 is 0 Å². The van der Waals surface area contributed by atoms with Crippen LogP contribution < -0.4 is 26.8 Å². The zero-order valence-corrected chi connectivity index (χ0v) is 17.5. The number of nitrogens with one attached hydrogen (secondary N) is 1. The third kappa shape index (κ3) is 4.67. The Morgan fingerprint density at radius 2 is 1.72 bits per heavy atom. The summed E-state index contributed by atoms with van der Waals surface area (Å²) in [6, 6.07) is 14.6. The third-order valence-electron chi connectivity index (χ3n) is 4.97. The number of rotatable bonds is 7. The van der Waals surface area contributed by atoms with E-state index >= 15 is 0 Å². The molecule has 0 radical (unpaired) electrons. The summed E-state index contributed by atoms with van der Waals surface area (Å²) in [5.41, 5.74) is 5.97. The van der Waals surface area contributed by atoms with Crippen LogP contribution in [0.4, 0.5) is 22.9 Å². The molecule has 1 amide bonds. The van der Waals surface area contributed by atoms with Crippen LogP contribution in [0.3, 0.4) is 0 Å². The van der Waals surface area contributed by atoms with Gasteiger partial charge in [-0.1, -0.05) is 30.3 Å². The molecule has 0 atom stereocenters. The third-order valence-corrected chi connectivity index (χ3v) is 4.97. The summed E-state index contributed by atoms with van der Waals surface area (Å²) in [5, 5.41) is 10.8. The first kappa shape index (κ1) is 22.3. The van der Waals surface area contributed by atoms with Crippen LogP contribution in [-0.4, -0.2) is 41.0 Å². The second kappa shape index (κ2) is 9.16. The molecule has 32 heavy (non-hydrogen) atoms. The van der Waals surface area contributed by atoms with Gasteiger partial charge in [-0.3, -0.25) is 29.3 Å². The summed E-state index contributed by atoms with van der Waals surface area (Å²) >= 11 is 0. The maximum atomic E-state index is 12.7. The number of hydrogen-bond donors (Lipinski definition) is 2. The Balaban J connectivity index is 1.83. The Hall–Kier alpha value is -4.41. The van der Waals surface area contributed by atoms with Gasteiger partial charge in [0.15, 0.2) is 0 Å². The Morgan fingerprint density at radius 3 is 2.31 bits per heavy atom. The summed E-state index contributed by atoms with van der Waals surface area (Å²) < 4.78 is 1.23. The smallest absolute Gasteiger partial charge is 0.330 e. The number of aromatic amines is 1. The second-order valence-electron chi connectivity index (χ2n) is 7.15. The van der Waals surface area contributed by atoms with E-state index in [-0.39, 0.29) is 36.2 Å². The van der Waals surface area contributed by atoms with Crippen molar-refractivity contribution in [2.24, 2.45) is 0 Å². The van der Waals surface area contributed by atoms with Crippen molar-refractivity contribution >= 4 is 28.8 Å². The van der Waals surface area contributed by atoms with Crippen molar-refractivity contribution in [3.63, 3.8) is 0 Å². The van der Waals surface area contributed by atoms with Crippen molar-refractivity contribution < 1.29 is 9.72 Å². The van der Waals surface area contributed by atoms with E-state index in [9.17, 15) is 24.5 Å². The van der Waals surface area contributed by atoms with E-state index in [4.69, 9.17) is 5.73 Å². The van der Waals surface area contributed by atoms with E-state index in [0.717, 1.165) is 5.56 Å². The van der Waals surface area contributed by atoms with Crippen LogP contribution in [0, 0.1) is 10.1 Å². The van der Waals surface area contributed by atoms with Crippen LogP contribution in [0.2, 0.25) is 0 Å². The predicted octanol–water partition coefficient (Wildman–Crippen LogP) is 1.17. The minimum Gasteiger partial charge on any atom is -0.383 e. The van der Waals surface area contributed by atoms with Gasteiger partial charge in [-0.05, 0) is 17.7 Å². The molecule has 3 aromatic rings. The number of nitro groups is 1. The highest BCUT2D eigenvalue weighted by Crippen LogP contribution is 2.20. The number of benzene rings is 2. The fraction of sp³-hybridized carbons (Fsp3) is 0.190. The molecule has 0 aliphatic carbocycles. The molecule has 1 aromatic heterocycles. The number of anilines is 3. The van der Waals surface area contributed by atoms with Crippen molar-refractivity contribution in [2.75, 3.05) is 36.2 Å². The molecule has 2 aromatic carbocycles. The Morgan fingerprint density at radius 1 is 1.09 bits per heavy atom. The van der Waals surface area contributed by atoms with Crippen molar-refractivity contribution in [1.29, 1.82) is 0 Å². The van der Waals surface area contributed by atoms with Crippen LogP contribution in [0.1, 0.15) is 5.56 Å². The van der Waals surface area contributed by atoms with Crippen molar-refractivity contribution in [3.05, 3.63) is 91.1 Å². The lowest BCUT2D eigenvalue weighted by Crippen LogP contribution is -2.42. The number of hydrogen-bond acceptors (Lipinski definition) is 7. The number of non-ortho nitro benzene ring substituents is 1. The number of nitrogen functional groups attached to an aromatic ring is 1. The zero-order valence-electron chi connectivity index (χ0n) is 17.5. The van der Waals surface area contributed by atoms with Crippen molar-refractivity contribution in [3.8, 4) is 0 Å². The van der Waals surface area contributed by atoms with E-state index in [0.29, 0.717) is 5.69 Å². The van der Waals surface area contributed by atoms with E-state index in [1.807, 2.05) is 30.3 Å². The van der Waals surface area contributed by atoms with E-state index in [2.05, 4.69) is 4.98 Å². The number of amides is 1. The number of carbonyl (C=O) groups is 1. The minimum absolute atomic E-state index is 0.00835. The Bertz CT molecular complexity index is 1250. The Labute approximate surface area is 182 Å². The van der Waals surface area contributed by atoms with Gasteiger partial charge < -0.3 is 15.5 Å². The first-order chi connectivity index (χ1) is 15.2. The number of likely N-dealkylation sites (N-methyl/N-ethyl adjacent to an activating group) is 2. The number of nitrogens with two attached hydrogens (primary N) is 1. The zero-order chi connectivity index (χ0) is 23.4. The lowest BCUT2D eigenvalue weighted by Gasteiger charge is -2.24.